The van der Waals surface area contributed by atoms with Gasteiger partial charge in [0.25, 0.3) is 17.5 Å². The van der Waals surface area contributed by atoms with Gasteiger partial charge < -0.3 is 4.98 Å². The molecule has 0 saturated carbocycles. The van der Waals surface area contributed by atoms with Crippen molar-refractivity contribution in [1.29, 1.82) is 0 Å². The maximum atomic E-state index is 12.1. The molecular formula is C16H12N4O4. The van der Waals surface area contributed by atoms with Crippen LogP contribution in [0.4, 0.5) is 5.69 Å². The third kappa shape index (κ3) is 3.07. The first-order valence-corrected chi connectivity index (χ1v) is 6.97. The van der Waals surface area contributed by atoms with Crippen LogP contribution in [-0.4, -0.2) is 21.7 Å². The molecule has 3 rings (SSSR count). The van der Waals surface area contributed by atoms with Crippen molar-refractivity contribution in [2.45, 2.75) is 0 Å². The highest BCUT2D eigenvalue weighted by molar-refractivity contribution is 6.01. The normalized spacial score (nSPS) is 10.3. The van der Waals surface area contributed by atoms with Gasteiger partial charge in [0.1, 0.15) is 5.69 Å². The maximum Gasteiger partial charge on any atom is 0.286 e. The minimum absolute atomic E-state index is 0.0705. The van der Waals surface area contributed by atoms with Crippen LogP contribution in [0.25, 0.3) is 10.9 Å². The van der Waals surface area contributed by atoms with E-state index in [0.717, 1.165) is 17.0 Å². The van der Waals surface area contributed by atoms with Gasteiger partial charge in [-0.05, 0) is 18.2 Å². The predicted molar refractivity (Wildman–Crippen MR) is 86.3 cm³/mol. The maximum absolute atomic E-state index is 12.1. The number of aromatic amines is 1. The molecule has 0 fully saturated rings. The van der Waals surface area contributed by atoms with Gasteiger partial charge in [-0.2, -0.15) is 0 Å². The van der Waals surface area contributed by atoms with Crippen molar-refractivity contribution >= 4 is 28.4 Å². The molecular weight excluding hydrogens is 312 g/mol. The summed E-state index contributed by atoms with van der Waals surface area (Å²) < 4.78 is 0. The lowest BCUT2D eigenvalue weighted by Crippen LogP contribution is -2.41. The Morgan fingerprint density at radius 2 is 1.71 bits per heavy atom. The predicted octanol–water partition coefficient (Wildman–Crippen LogP) is 2.15. The number of aromatic nitrogens is 1. The fourth-order valence-electron chi connectivity index (χ4n) is 2.21. The Kier molecular flexibility index (Phi) is 3.94. The number of rotatable bonds is 3. The number of hydrogen-bond donors (Lipinski definition) is 3. The van der Waals surface area contributed by atoms with Crippen molar-refractivity contribution in [2.75, 3.05) is 0 Å². The number of nitro groups is 1. The Hall–Kier alpha value is -3.68. The number of carbonyl (C=O) groups is 2. The molecule has 120 valence electrons. The molecule has 0 saturated heterocycles. The van der Waals surface area contributed by atoms with E-state index in [1.807, 2.05) is 24.3 Å². The molecule has 8 heteroatoms. The number of nitrogens with zero attached hydrogens (tertiary/aromatic N) is 1. The molecule has 0 spiro atoms. The number of amides is 2. The van der Waals surface area contributed by atoms with Crippen molar-refractivity contribution in [1.82, 2.24) is 15.8 Å². The van der Waals surface area contributed by atoms with Crippen molar-refractivity contribution < 1.29 is 14.5 Å². The standard InChI is InChI=1S/C16H12N4O4/c21-15(11-5-3-6-12(8-11)20(23)24)18-19-16(22)14-9-10-4-1-2-7-13(10)17-14/h1-9,17H,(H,18,21)(H,19,22). The summed E-state index contributed by atoms with van der Waals surface area (Å²) in [6.07, 6.45) is 0. The van der Waals surface area contributed by atoms with E-state index in [9.17, 15) is 19.7 Å². The smallest absolute Gasteiger partial charge is 0.286 e. The molecule has 3 aromatic rings. The summed E-state index contributed by atoms with van der Waals surface area (Å²) in [6.45, 7) is 0. The first-order chi connectivity index (χ1) is 11.5. The van der Waals surface area contributed by atoms with Gasteiger partial charge in [0, 0.05) is 28.6 Å². The number of carbonyl (C=O) groups excluding carboxylic acids is 2. The lowest BCUT2D eigenvalue weighted by atomic mass is 10.2. The molecule has 0 unspecified atom stereocenters. The topological polar surface area (TPSA) is 117 Å². The van der Waals surface area contributed by atoms with Crippen LogP contribution >= 0.6 is 0 Å². The number of nitro benzene ring substituents is 1. The van der Waals surface area contributed by atoms with Gasteiger partial charge in [0.15, 0.2) is 0 Å². The van der Waals surface area contributed by atoms with Crippen molar-refractivity contribution in [2.24, 2.45) is 0 Å². The summed E-state index contributed by atoms with van der Waals surface area (Å²) in [4.78, 5) is 37.1. The number of para-hydroxylation sites is 1. The second-order valence-corrected chi connectivity index (χ2v) is 4.99. The van der Waals surface area contributed by atoms with E-state index in [1.165, 1.54) is 18.2 Å². The molecule has 1 aromatic heterocycles. The molecule has 0 atom stereocenters. The zero-order chi connectivity index (χ0) is 17.1. The van der Waals surface area contributed by atoms with Crippen LogP contribution in [0.15, 0.2) is 54.6 Å². The van der Waals surface area contributed by atoms with E-state index in [4.69, 9.17) is 0 Å². The summed E-state index contributed by atoms with van der Waals surface area (Å²) >= 11 is 0. The van der Waals surface area contributed by atoms with Crippen LogP contribution in [0.3, 0.4) is 0 Å². The molecule has 0 bridgehead atoms. The average molecular weight is 324 g/mol. The van der Waals surface area contributed by atoms with Gasteiger partial charge in [0.2, 0.25) is 0 Å². The number of nitrogens with one attached hydrogen (secondary N) is 3. The molecule has 8 nitrogen and oxygen atoms in total. The number of hydrazine groups is 1. The highest BCUT2D eigenvalue weighted by Gasteiger charge is 2.13. The summed E-state index contributed by atoms with van der Waals surface area (Å²) in [5, 5.41) is 11.6. The van der Waals surface area contributed by atoms with Gasteiger partial charge in [-0.3, -0.25) is 30.6 Å². The lowest BCUT2D eigenvalue weighted by molar-refractivity contribution is -0.384. The fraction of sp³-hybridized carbons (Fsp3) is 0. The molecule has 2 aromatic carbocycles. The molecule has 0 aliphatic heterocycles. The van der Waals surface area contributed by atoms with Gasteiger partial charge in [-0.15, -0.1) is 0 Å². The minimum Gasteiger partial charge on any atom is -0.350 e. The molecule has 0 aliphatic rings. The number of non-ortho nitro benzene ring substituents is 1. The second kappa shape index (κ2) is 6.21. The highest BCUT2D eigenvalue weighted by Crippen LogP contribution is 2.15. The summed E-state index contributed by atoms with van der Waals surface area (Å²) in [7, 11) is 0. The Labute approximate surface area is 135 Å². The zero-order valence-electron chi connectivity index (χ0n) is 12.3. The summed E-state index contributed by atoms with van der Waals surface area (Å²) in [6, 6.07) is 14.2. The van der Waals surface area contributed by atoms with E-state index in [-0.39, 0.29) is 16.9 Å². The van der Waals surface area contributed by atoms with Gasteiger partial charge in [-0.1, -0.05) is 24.3 Å². The Morgan fingerprint density at radius 1 is 0.958 bits per heavy atom. The van der Waals surface area contributed by atoms with Gasteiger partial charge in [0.05, 0.1) is 4.92 Å². The Balaban J connectivity index is 1.68. The monoisotopic (exact) mass is 324 g/mol. The van der Waals surface area contributed by atoms with Crippen LogP contribution in [0.2, 0.25) is 0 Å². The minimum atomic E-state index is -0.650. The Morgan fingerprint density at radius 3 is 2.46 bits per heavy atom. The molecule has 0 radical (unpaired) electrons. The van der Waals surface area contributed by atoms with E-state index in [1.54, 1.807) is 6.07 Å². The number of benzene rings is 2. The quantitative estimate of drug-likeness (QED) is 0.505. The largest absolute Gasteiger partial charge is 0.350 e. The summed E-state index contributed by atoms with van der Waals surface area (Å²) in [5.74, 6) is -1.17. The molecule has 2 amide bonds. The number of H-pyrrole nitrogens is 1. The Bertz CT molecular complexity index is 915. The van der Waals surface area contributed by atoms with Crippen LogP contribution in [0, 0.1) is 10.1 Å². The highest BCUT2D eigenvalue weighted by atomic mass is 16.6. The molecule has 0 aliphatic carbocycles. The van der Waals surface area contributed by atoms with Crippen molar-refractivity contribution in [3.63, 3.8) is 0 Å². The third-order valence-electron chi connectivity index (χ3n) is 3.38. The fourth-order valence-corrected chi connectivity index (χ4v) is 2.21. The molecule has 3 N–H and O–H groups in total. The summed E-state index contributed by atoms with van der Waals surface area (Å²) in [5.41, 5.74) is 5.45. The van der Waals surface area contributed by atoms with E-state index in [2.05, 4.69) is 15.8 Å². The lowest BCUT2D eigenvalue weighted by Gasteiger charge is -2.06. The second-order valence-electron chi connectivity index (χ2n) is 4.99. The van der Waals surface area contributed by atoms with Crippen molar-refractivity contribution in [3.8, 4) is 0 Å². The molecule has 1 heterocycles. The van der Waals surface area contributed by atoms with Crippen LogP contribution in [0.1, 0.15) is 20.8 Å². The number of fused-ring (bicyclic) bond motifs is 1. The van der Waals surface area contributed by atoms with E-state index < -0.39 is 16.7 Å². The van der Waals surface area contributed by atoms with E-state index >= 15 is 0 Å². The van der Waals surface area contributed by atoms with Crippen LogP contribution in [0.5, 0.6) is 0 Å². The van der Waals surface area contributed by atoms with Gasteiger partial charge in [-0.25, -0.2) is 0 Å². The van der Waals surface area contributed by atoms with Crippen LogP contribution < -0.4 is 10.9 Å². The van der Waals surface area contributed by atoms with Crippen molar-refractivity contribution in [3.05, 3.63) is 76.0 Å². The SMILES string of the molecule is O=C(NNC(=O)c1cc2ccccc2[nH]1)c1cccc([N+](=O)[O-])c1. The number of hydrogen-bond acceptors (Lipinski definition) is 4. The average Bonchev–Trinajstić information content (AvgIpc) is 3.03. The van der Waals surface area contributed by atoms with E-state index in [0.29, 0.717) is 0 Å². The third-order valence-corrected chi connectivity index (χ3v) is 3.38. The first-order valence-electron chi connectivity index (χ1n) is 6.97. The molecule has 24 heavy (non-hydrogen) atoms. The van der Waals surface area contributed by atoms with Crippen LogP contribution in [-0.2, 0) is 0 Å². The van der Waals surface area contributed by atoms with Gasteiger partial charge >= 0.3 is 0 Å². The first kappa shape index (κ1) is 15.2. The zero-order valence-corrected chi connectivity index (χ0v) is 12.3.